The second-order valence-electron chi connectivity index (χ2n) is 3.18. The summed E-state index contributed by atoms with van der Waals surface area (Å²) in [6.45, 7) is 0. The second kappa shape index (κ2) is 4.99. The number of benzene rings is 1. The fourth-order valence-electron chi connectivity index (χ4n) is 1.39. The molecule has 0 fully saturated rings. The van der Waals surface area contributed by atoms with Crippen LogP contribution in [0.2, 0.25) is 20.2 Å². The SMILES string of the molecule is Fc1c(-c2c(Cl)ccc(Cl)c2Cl)ccnc1Cl. The molecule has 17 heavy (non-hydrogen) atoms. The summed E-state index contributed by atoms with van der Waals surface area (Å²) < 4.78 is 13.8. The zero-order valence-electron chi connectivity index (χ0n) is 8.15. The standard InChI is InChI=1S/C11H4Cl4FN/c12-6-1-2-7(13)9(14)8(6)5-3-4-17-11(15)10(5)16/h1-4H. The molecule has 0 aliphatic heterocycles. The first-order valence-corrected chi connectivity index (χ1v) is 5.97. The molecule has 0 atom stereocenters. The van der Waals surface area contributed by atoms with E-state index in [1.165, 1.54) is 18.3 Å². The molecule has 1 aromatic carbocycles. The van der Waals surface area contributed by atoms with E-state index in [-0.39, 0.29) is 15.7 Å². The first kappa shape index (κ1) is 12.9. The van der Waals surface area contributed by atoms with E-state index in [4.69, 9.17) is 46.4 Å². The minimum atomic E-state index is -0.680. The lowest BCUT2D eigenvalue weighted by Gasteiger charge is -2.09. The van der Waals surface area contributed by atoms with Gasteiger partial charge in [-0.3, -0.25) is 0 Å². The van der Waals surface area contributed by atoms with Gasteiger partial charge in [-0.25, -0.2) is 9.37 Å². The molecule has 0 aliphatic carbocycles. The van der Waals surface area contributed by atoms with Crippen LogP contribution in [0.4, 0.5) is 4.39 Å². The molecule has 0 bridgehead atoms. The van der Waals surface area contributed by atoms with Crippen molar-refractivity contribution >= 4 is 46.4 Å². The number of hydrogen-bond acceptors (Lipinski definition) is 1. The smallest absolute Gasteiger partial charge is 0.168 e. The molecule has 0 amide bonds. The molecule has 1 aromatic heterocycles. The lowest BCUT2D eigenvalue weighted by molar-refractivity contribution is 0.625. The molecule has 1 heterocycles. The molecule has 0 radical (unpaired) electrons. The molecule has 0 saturated carbocycles. The lowest BCUT2D eigenvalue weighted by atomic mass is 10.1. The second-order valence-corrected chi connectivity index (χ2v) is 4.73. The summed E-state index contributed by atoms with van der Waals surface area (Å²) >= 11 is 23.5. The monoisotopic (exact) mass is 309 g/mol. The van der Waals surface area contributed by atoms with Crippen LogP contribution in [0.1, 0.15) is 0 Å². The van der Waals surface area contributed by atoms with Crippen molar-refractivity contribution in [1.29, 1.82) is 0 Å². The van der Waals surface area contributed by atoms with Crippen LogP contribution in [0, 0.1) is 5.82 Å². The van der Waals surface area contributed by atoms with Crippen LogP contribution >= 0.6 is 46.4 Å². The normalized spacial score (nSPS) is 10.6. The van der Waals surface area contributed by atoms with Crippen molar-refractivity contribution < 1.29 is 4.39 Å². The predicted molar refractivity (Wildman–Crippen MR) is 69.7 cm³/mol. The summed E-state index contributed by atoms with van der Waals surface area (Å²) in [5.74, 6) is -0.680. The van der Waals surface area contributed by atoms with E-state index in [0.29, 0.717) is 15.6 Å². The summed E-state index contributed by atoms with van der Waals surface area (Å²) in [6, 6.07) is 4.51. The summed E-state index contributed by atoms with van der Waals surface area (Å²) in [4.78, 5) is 3.62. The number of hydrogen-bond donors (Lipinski definition) is 0. The maximum atomic E-state index is 13.8. The number of nitrogens with zero attached hydrogens (tertiary/aromatic N) is 1. The van der Waals surface area contributed by atoms with E-state index in [9.17, 15) is 4.39 Å². The van der Waals surface area contributed by atoms with Gasteiger partial charge in [-0.15, -0.1) is 0 Å². The van der Waals surface area contributed by atoms with Crippen molar-refractivity contribution in [2.24, 2.45) is 0 Å². The van der Waals surface area contributed by atoms with Crippen molar-refractivity contribution in [3.05, 3.63) is 50.4 Å². The van der Waals surface area contributed by atoms with Crippen molar-refractivity contribution in [3.8, 4) is 11.1 Å². The van der Waals surface area contributed by atoms with Gasteiger partial charge < -0.3 is 0 Å². The van der Waals surface area contributed by atoms with Gasteiger partial charge in [0.2, 0.25) is 0 Å². The fourth-order valence-corrected chi connectivity index (χ4v) is 2.28. The zero-order chi connectivity index (χ0) is 12.6. The largest absolute Gasteiger partial charge is 0.242 e. The van der Waals surface area contributed by atoms with Crippen molar-refractivity contribution in [1.82, 2.24) is 4.98 Å². The molecule has 88 valence electrons. The molecule has 2 rings (SSSR count). The molecule has 0 N–H and O–H groups in total. The van der Waals surface area contributed by atoms with Crippen molar-refractivity contribution in [2.75, 3.05) is 0 Å². The third kappa shape index (κ3) is 2.36. The Morgan fingerprint density at radius 2 is 1.59 bits per heavy atom. The van der Waals surface area contributed by atoms with Crippen LogP contribution in [-0.2, 0) is 0 Å². The first-order valence-electron chi connectivity index (χ1n) is 4.46. The maximum absolute atomic E-state index is 13.8. The molecule has 0 saturated heterocycles. The summed E-state index contributed by atoms with van der Waals surface area (Å²) in [7, 11) is 0. The van der Waals surface area contributed by atoms with E-state index in [1.54, 1.807) is 6.07 Å². The Balaban J connectivity index is 2.77. The minimum Gasteiger partial charge on any atom is -0.242 e. The first-order chi connectivity index (χ1) is 8.02. The molecule has 0 spiro atoms. The highest BCUT2D eigenvalue weighted by atomic mass is 35.5. The Morgan fingerprint density at radius 1 is 0.941 bits per heavy atom. The highest BCUT2D eigenvalue weighted by molar-refractivity contribution is 6.46. The van der Waals surface area contributed by atoms with Crippen molar-refractivity contribution in [2.45, 2.75) is 0 Å². The van der Waals surface area contributed by atoms with Gasteiger partial charge in [0.1, 0.15) is 0 Å². The van der Waals surface area contributed by atoms with Crippen LogP contribution in [0.25, 0.3) is 11.1 Å². The van der Waals surface area contributed by atoms with E-state index >= 15 is 0 Å². The van der Waals surface area contributed by atoms with E-state index < -0.39 is 5.82 Å². The molecule has 1 nitrogen and oxygen atoms in total. The van der Waals surface area contributed by atoms with Crippen LogP contribution in [0.5, 0.6) is 0 Å². The Kier molecular flexibility index (Phi) is 3.79. The van der Waals surface area contributed by atoms with Gasteiger partial charge in [0.15, 0.2) is 11.0 Å². The third-order valence-electron chi connectivity index (χ3n) is 2.16. The lowest BCUT2D eigenvalue weighted by Crippen LogP contribution is -1.90. The van der Waals surface area contributed by atoms with Crippen LogP contribution in [-0.4, -0.2) is 4.98 Å². The van der Waals surface area contributed by atoms with E-state index in [1.807, 2.05) is 0 Å². The van der Waals surface area contributed by atoms with Gasteiger partial charge in [0, 0.05) is 17.3 Å². The van der Waals surface area contributed by atoms with Crippen LogP contribution < -0.4 is 0 Å². The van der Waals surface area contributed by atoms with Gasteiger partial charge in [-0.1, -0.05) is 46.4 Å². The van der Waals surface area contributed by atoms with E-state index in [0.717, 1.165) is 0 Å². The Bertz CT molecular complexity index is 586. The van der Waals surface area contributed by atoms with Gasteiger partial charge in [-0.2, -0.15) is 0 Å². The fraction of sp³-hybridized carbons (Fsp3) is 0. The van der Waals surface area contributed by atoms with Gasteiger partial charge in [0.25, 0.3) is 0 Å². The molecular formula is C11H4Cl4FN. The summed E-state index contributed by atoms with van der Waals surface area (Å²) in [5, 5.41) is 0.522. The van der Waals surface area contributed by atoms with Crippen LogP contribution in [0.3, 0.4) is 0 Å². The Morgan fingerprint density at radius 3 is 2.29 bits per heavy atom. The summed E-state index contributed by atoms with van der Waals surface area (Å²) in [6.07, 6.45) is 1.37. The quantitative estimate of drug-likeness (QED) is 0.500. The number of halogens is 5. The van der Waals surface area contributed by atoms with Crippen LogP contribution in [0.15, 0.2) is 24.4 Å². The Labute approximate surface area is 117 Å². The average Bonchev–Trinajstić information content (AvgIpc) is 2.30. The topological polar surface area (TPSA) is 12.9 Å². The average molecular weight is 311 g/mol. The molecule has 0 aliphatic rings. The van der Waals surface area contributed by atoms with E-state index in [2.05, 4.69) is 4.98 Å². The molecular weight excluding hydrogens is 307 g/mol. The van der Waals surface area contributed by atoms with Crippen molar-refractivity contribution in [3.63, 3.8) is 0 Å². The number of rotatable bonds is 1. The minimum absolute atomic E-state index is 0.169. The highest BCUT2D eigenvalue weighted by Gasteiger charge is 2.17. The van der Waals surface area contributed by atoms with Gasteiger partial charge in [0.05, 0.1) is 15.1 Å². The Hall–Kier alpha value is -0.540. The molecule has 0 unspecified atom stereocenters. The third-order valence-corrected chi connectivity index (χ3v) is 3.54. The maximum Gasteiger partial charge on any atom is 0.168 e. The zero-order valence-corrected chi connectivity index (χ0v) is 11.2. The van der Waals surface area contributed by atoms with Gasteiger partial charge >= 0.3 is 0 Å². The predicted octanol–water partition coefficient (Wildman–Crippen LogP) is 5.50. The summed E-state index contributed by atoms with van der Waals surface area (Å²) in [5.41, 5.74) is 0.477. The molecule has 6 heteroatoms. The highest BCUT2D eigenvalue weighted by Crippen LogP contribution is 2.40. The number of aromatic nitrogens is 1. The van der Waals surface area contributed by atoms with Gasteiger partial charge in [-0.05, 0) is 18.2 Å². The number of pyridine rings is 1. The molecule has 2 aromatic rings.